The number of hydrogen-bond donors (Lipinski definition) is 3. The van der Waals surface area contributed by atoms with Crippen molar-refractivity contribution in [2.45, 2.75) is 40.2 Å². The van der Waals surface area contributed by atoms with Gasteiger partial charge in [-0.2, -0.15) is 0 Å². The van der Waals surface area contributed by atoms with Gasteiger partial charge in [-0.3, -0.25) is 9.59 Å². The number of rotatable bonds is 8. The van der Waals surface area contributed by atoms with Gasteiger partial charge in [0.1, 0.15) is 0 Å². The summed E-state index contributed by atoms with van der Waals surface area (Å²) >= 11 is 0. The van der Waals surface area contributed by atoms with Crippen molar-refractivity contribution < 1.29 is 9.59 Å². The molecule has 2 amide bonds. The Labute approximate surface area is 167 Å². The molecule has 2 rings (SSSR count). The fourth-order valence-corrected chi connectivity index (χ4v) is 3.51. The van der Waals surface area contributed by atoms with E-state index in [0.29, 0.717) is 12.1 Å². The molecule has 1 heterocycles. The SMILES string of the molecule is CCNC(=NCc1ccc(C(=O)NCC(N)=O)cc1)N1CCC(CC(C)C)C1. The van der Waals surface area contributed by atoms with E-state index in [2.05, 4.69) is 36.3 Å². The Morgan fingerprint density at radius 2 is 1.96 bits per heavy atom. The van der Waals surface area contributed by atoms with Crippen molar-refractivity contribution in [1.82, 2.24) is 15.5 Å². The van der Waals surface area contributed by atoms with Crippen LogP contribution in [0.4, 0.5) is 0 Å². The number of amides is 2. The number of hydrogen-bond acceptors (Lipinski definition) is 3. The van der Waals surface area contributed by atoms with E-state index < -0.39 is 5.91 Å². The first-order valence-electron chi connectivity index (χ1n) is 10.1. The van der Waals surface area contributed by atoms with Crippen molar-refractivity contribution in [1.29, 1.82) is 0 Å². The average Bonchev–Trinajstić information content (AvgIpc) is 3.11. The van der Waals surface area contributed by atoms with Crippen LogP contribution in [-0.4, -0.2) is 48.9 Å². The number of aliphatic imine (C=N–C) groups is 1. The maximum atomic E-state index is 11.9. The minimum Gasteiger partial charge on any atom is -0.368 e. The summed E-state index contributed by atoms with van der Waals surface area (Å²) in [5, 5.41) is 5.88. The van der Waals surface area contributed by atoms with Crippen LogP contribution in [0.25, 0.3) is 0 Å². The van der Waals surface area contributed by atoms with E-state index in [1.807, 2.05) is 12.1 Å². The predicted molar refractivity (Wildman–Crippen MR) is 112 cm³/mol. The number of nitrogens with two attached hydrogens (primary N) is 1. The lowest BCUT2D eigenvalue weighted by molar-refractivity contribution is -0.117. The van der Waals surface area contributed by atoms with Crippen LogP contribution in [0.15, 0.2) is 29.3 Å². The van der Waals surface area contributed by atoms with Crippen LogP contribution in [0.3, 0.4) is 0 Å². The van der Waals surface area contributed by atoms with Crippen molar-refractivity contribution in [3.8, 4) is 0 Å². The molecule has 1 unspecified atom stereocenters. The van der Waals surface area contributed by atoms with E-state index in [9.17, 15) is 9.59 Å². The summed E-state index contributed by atoms with van der Waals surface area (Å²) in [6.07, 6.45) is 2.48. The van der Waals surface area contributed by atoms with E-state index in [1.165, 1.54) is 12.8 Å². The molecule has 1 fully saturated rings. The molecule has 0 spiro atoms. The highest BCUT2D eigenvalue weighted by atomic mass is 16.2. The highest BCUT2D eigenvalue weighted by Gasteiger charge is 2.25. The molecule has 7 heteroatoms. The van der Waals surface area contributed by atoms with Gasteiger partial charge < -0.3 is 21.3 Å². The summed E-state index contributed by atoms with van der Waals surface area (Å²) in [6.45, 7) is 9.96. The molecule has 0 radical (unpaired) electrons. The number of nitrogens with one attached hydrogen (secondary N) is 2. The normalized spacial score (nSPS) is 17.1. The molecule has 1 aliphatic rings. The van der Waals surface area contributed by atoms with Gasteiger partial charge >= 0.3 is 0 Å². The number of likely N-dealkylation sites (tertiary alicyclic amines) is 1. The Bertz CT molecular complexity index is 685. The van der Waals surface area contributed by atoms with Gasteiger partial charge in [0.05, 0.1) is 13.1 Å². The third-order valence-corrected chi connectivity index (χ3v) is 4.78. The van der Waals surface area contributed by atoms with E-state index >= 15 is 0 Å². The second kappa shape index (κ2) is 10.7. The molecule has 1 aromatic rings. The van der Waals surface area contributed by atoms with Crippen LogP contribution in [0.5, 0.6) is 0 Å². The Hall–Kier alpha value is -2.57. The van der Waals surface area contributed by atoms with Crippen LogP contribution in [0.2, 0.25) is 0 Å². The second-order valence-corrected chi connectivity index (χ2v) is 7.75. The molecular weight excluding hydrogens is 354 g/mol. The minimum atomic E-state index is -0.562. The van der Waals surface area contributed by atoms with Gasteiger partial charge in [-0.1, -0.05) is 26.0 Å². The van der Waals surface area contributed by atoms with Crippen molar-refractivity contribution in [3.05, 3.63) is 35.4 Å². The van der Waals surface area contributed by atoms with Crippen LogP contribution in [0.1, 0.15) is 49.5 Å². The third kappa shape index (κ3) is 6.87. The van der Waals surface area contributed by atoms with Gasteiger partial charge in [-0.15, -0.1) is 0 Å². The minimum absolute atomic E-state index is 0.162. The first-order chi connectivity index (χ1) is 13.4. The topological polar surface area (TPSA) is 99.8 Å². The second-order valence-electron chi connectivity index (χ2n) is 7.75. The van der Waals surface area contributed by atoms with Crippen LogP contribution < -0.4 is 16.4 Å². The predicted octanol–water partition coefficient (Wildman–Crippen LogP) is 1.74. The maximum absolute atomic E-state index is 11.9. The summed E-state index contributed by atoms with van der Waals surface area (Å²) in [5.74, 6) is 1.55. The number of benzene rings is 1. The van der Waals surface area contributed by atoms with Gasteiger partial charge in [-0.05, 0) is 49.3 Å². The molecule has 1 saturated heterocycles. The summed E-state index contributed by atoms with van der Waals surface area (Å²) in [6, 6.07) is 7.25. The Balaban J connectivity index is 1.95. The summed E-state index contributed by atoms with van der Waals surface area (Å²) in [7, 11) is 0. The zero-order valence-corrected chi connectivity index (χ0v) is 17.2. The molecule has 1 aliphatic heterocycles. The van der Waals surface area contributed by atoms with Gasteiger partial charge in [0.2, 0.25) is 5.91 Å². The summed E-state index contributed by atoms with van der Waals surface area (Å²) in [5.41, 5.74) is 6.57. The van der Waals surface area contributed by atoms with Crippen molar-refractivity contribution in [2.75, 3.05) is 26.2 Å². The highest BCUT2D eigenvalue weighted by molar-refractivity contribution is 5.96. The molecule has 7 nitrogen and oxygen atoms in total. The highest BCUT2D eigenvalue weighted by Crippen LogP contribution is 2.23. The van der Waals surface area contributed by atoms with E-state index in [-0.39, 0.29) is 12.5 Å². The lowest BCUT2D eigenvalue weighted by Gasteiger charge is -2.22. The quantitative estimate of drug-likeness (QED) is 0.467. The van der Waals surface area contributed by atoms with Crippen molar-refractivity contribution in [2.24, 2.45) is 22.6 Å². The van der Waals surface area contributed by atoms with Crippen molar-refractivity contribution >= 4 is 17.8 Å². The zero-order valence-electron chi connectivity index (χ0n) is 17.2. The Morgan fingerprint density at radius 3 is 2.57 bits per heavy atom. The van der Waals surface area contributed by atoms with E-state index in [1.54, 1.807) is 12.1 Å². The summed E-state index contributed by atoms with van der Waals surface area (Å²) < 4.78 is 0. The number of carbonyl (C=O) groups is 2. The van der Waals surface area contributed by atoms with Crippen molar-refractivity contribution in [3.63, 3.8) is 0 Å². The van der Waals surface area contributed by atoms with Gasteiger partial charge in [0.25, 0.3) is 5.91 Å². The maximum Gasteiger partial charge on any atom is 0.251 e. The van der Waals surface area contributed by atoms with Crippen LogP contribution >= 0.6 is 0 Å². The summed E-state index contributed by atoms with van der Waals surface area (Å²) in [4.78, 5) is 29.8. The molecule has 0 bridgehead atoms. The first kappa shape index (κ1) is 21.7. The molecule has 0 aliphatic carbocycles. The zero-order chi connectivity index (χ0) is 20.5. The van der Waals surface area contributed by atoms with Gasteiger partial charge in [-0.25, -0.2) is 4.99 Å². The fraction of sp³-hybridized carbons (Fsp3) is 0.571. The standard InChI is InChI=1S/C21H33N5O2/c1-4-23-21(26-10-9-17(14-26)11-15(2)3)25-12-16-5-7-18(8-6-16)20(28)24-13-19(22)27/h5-8,15,17H,4,9-14H2,1-3H3,(H2,22,27)(H,23,25)(H,24,28). The smallest absolute Gasteiger partial charge is 0.251 e. The van der Waals surface area contributed by atoms with E-state index in [0.717, 1.165) is 43.0 Å². The Kier molecular flexibility index (Phi) is 8.29. The van der Waals surface area contributed by atoms with E-state index in [4.69, 9.17) is 10.7 Å². The number of carbonyl (C=O) groups excluding carboxylic acids is 2. The lowest BCUT2D eigenvalue weighted by atomic mass is 9.97. The molecule has 28 heavy (non-hydrogen) atoms. The monoisotopic (exact) mass is 387 g/mol. The molecule has 0 aromatic heterocycles. The van der Waals surface area contributed by atoms with Crippen LogP contribution in [-0.2, 0) is 11.3 Å². The van der Waals surface area contributed by atoms with Gasteiger partial charge in [0.15, 0.2) is 5.96 Å². The fourth-order valence-electron chi connectivity index (χ4n) is 3.51. The molecule has 1 aromatic carbocycles. The van der Waals surface area contributed by atoms with Gasteiger partial charge in [0, 0.05) is 25.2 Å². The third-order valence-electron chi connectivity index (χ3n) is 4.78. The number of primary amides is 1. The molecular formula is C21H33N5O2. The molecule has 4 N–H and O–H groups in total. The largest absolute Gasteiger partial charge is 0.368 e. The molecule has 0 saturated carbocycles. The Morgan fingerprint density at radius 1 is 1.25 bits per heavy atom. The molecule has 1 atom stereocenters. The average molecular weight is 388 g/mol. The van der Waals surface area contributed by atoms with Crippen LogP contribution in [0, 0.1) is 11.8 Å². The first-order valence-corrected chi connectivity index (χ1v) is 10.1. The number of nitrogens with zero attached hydrogens (tertiary/aromatic N) is 2. The lowest BCUT2D eigenvalue weighted by Crippen LogP contribution is -2.40. The number of guanidine groups is 1. The molecule has 154 valence electrons.